The Balaban J connectivity index is 2.49. The lowest BCUT2D eigenvalue weighted by Gasteiger charge is -2.21. The van der Waals surface area contributed by atoms with Crippen molar-refractivity contribution in [1.82, 2.24) is 9.29 Å². The second-order valence-electron chi connectivity index (χ2n) is 5.72. The molecule has 0 amide bonds. The van der Waals surface area contributed by atoms with Crippen molar-refractivity contribution >= 4 is 16.0 Å². The third kappa shape index (κ3) is 3.93. The van der Waals surface area contributed by atoms with E-state index >= 15 is 0 Å². The molecule has 1 heterocycles. The number of aromatic nitrogens is 1. The summed E-state index contributed by atoms with van der Waals surface area (Å²) in [6.45, 7) is 7.51. The number of H-pyrrole nitrogens is 1. The van der Waals surface area contributed by atoms with Crippen LogP contribution in [0.2, 0.25) is 0 Å². The first kappa shape index (κ1) is 19.2. The van der Waals surface area contributed by atoms with Crippen molar-refractivity contribution in [3.63, 3.8) is 0 Å². The molecular formula is C18H24N2O4S. The number of hydrogen-bond donors (Lipinski definition) is 1. The highest BCUT2D eigenvalue weighted by Gasteiger charge is 2.33. The quantitative estimate of drug-likeness (QED) is 0.766. The van der Waals surface area contributed by atoms with Crippen molar-refractivity contribution in [3.8, 4) is 0 Å². The van der Waals surface area contributed by atoms with Crippen LogP contribution in [-0.4, -0.2) is 36.8 Å². The number of aromatic amines is 1. The predicted molar refractivity (Wildman–Crippen MR) is 95.9 cm³/mol. The van der Waals surface area contributed by atoms with Crippen molar-refractivity contribution in [1.29, 1.82) is 0 Å². The molecule has 0 aliphatic carbocycles. The number of carbonyl (C=O) groups excluding carboxylic acids is 1. The van der Waals surface area contributed by atoms with Crippen LogP contribution in [-0.2, 0) is 21.3 Å². The Morgan fingerprint density at radius 2 is 1.76 bits per heavy atom. The van der Waals surface area contributed by atoms with Gasteiger partial charge >= 0.3 is 5.97 Å². The van der Waals surface area contributed by atoms with Gasteiger partial charge in [-0.15, -0.1) is 0 Å². The molecule has 1 aromatic heterocycles. The fraction of sp³-hybridized carbons (Fsp3) is 0.389. The number of sulfonamides is 1. The molecular weight excluding hydrogens is 340 g/mol. The van der Waals surface area contributed by atoms with Gasteiger partial charge in [0.15, 0.2) is 0 Å². The van der Waals surface area contributed by atoms with E-state index in [1.54, 1.807) is 27.7 Å². The van der Waals surface area contributed by atoms with Crippen LogP contribution in [0.3, 0.4) is 0 Å². The largest absolute Gasteiger partial charge is 0.462 e. The summed E-state index contributed by atoms with van der Waals surface area (Å²) in [6, 6.07) is 9.36. The normalized spacial score (nSPS) is 11.7. The summed E-state index contributed by atoms with van der Waals surface area (Å²) in [5.41, 5.74) is 1.90. The lowest BCUT2D eigenvalue weighted by Crippen LogP contribution is -2.31. The fourth-order valence-corrected chi connectivity index (χ4v) is 4.66. The maximum Gasteiger partial charge on any atom is 0.341 e. The molecule has 0 spiro atoms. The summed E-state index contributed by atoms with van der Waals surface area (Å²) in [4.78, 5) is 15.2. The first-order chi connectivity index (χ1) is 11.8. The number of rotatable bonds is 7. The molecule has 0 bridgehead atoms. The maximum atomic E-state index is 13.2. The highest BCUT2D eigenvalue weighted by molar-refractivity contribution is 7.89. The Labute approximate surface area is 148 Å². The Hall–Kier alpha value is -2.12. The van der Waals surface area contributed by atoms with Crippen LogP contribution in [0.15, 0.2) is 35.2 Å². The minimum Gasteiger partial charge on any atom is -0.462 e. The van der Waals surface area contributed by atoms with Crippen LogP contribution in [0.25, 0.3) is 0 Å². The monoisotopic (exact) mass is 364 g/mol. The van der Waals surface area contributed by atoms with Gasteiger partial charge in [0.2, 0.25) is 10.0 Å². The zero-order valence-corrected chi connectivity index (χ0v) is 15.8. The van der Waals surface area contributed by atoms with Crippen LogP contribution < -0.4 is 0 Å². The zero-order chi connectivity index (χ0) is 18.6. The van der Waals surface area contributed by atoms with Crippen LogP contribution >= 0.6 is 0 Å². The Kier molecular flexibility index (Phi) is 6.02. The molecule has 0 aliphatic rings. The summed E-state index contributed by atoms with van der Waals surface area (Å²) in [7, 11) is -3.85. The summed E-state index contributed by atoms with van der Waals surface area (Å²) in [5.74, 6) is -0.626. The van der Waals surface area contributed by atoms with Gasteiger partial charge in [-0.25, -0.2) is 13.2 Å². The minimum absolute atomic E-state index is 0.00114. The van der Waals surface area contributed by atoms with E-state index in [9.17, 15) is 13.2 Å². The number of nitrogens with zero attached hydrogens (tertiary/aromatic N) is 1. The molecule has 7 heteroatoms. The molecule has 0 saturated heterocycles. The van der Waals surface area contributed by atoms with Gasteiger partial charge in [-0.2, -0.15) is 4.31 Å². The molecule has 0 unspecified atom stereocenters. The SMILES string of the molecule is CCOC(=O)c1c(C)[nH]c(C)c1S(=O)(=O)N(CC)Cc1ccccc1. The van der Waals surface area contributed by atoms with Crippen molar-refractivity contribution in [2.45, 2.75) is 39.1 Å². The average Bonchev–Trinajstić information content (AvgIpc) is 2.88. The van der Waals surface area contributed by atoms with E-state index < -0.39 is 16.0 Å². The first-order valence-electron chi connectivity index (χ1n) is 8.23. The first-order valence-corrected chi connectivity index (χ1v) is 9.67. The van der Waals surface area contributed by atoms with E-state index in [0.717, 1.165) is 5.56 Å². The summed E-state index contributed by atoms with van der Waals surface area (Å²) in [6.07, 6.45) is 0. The minimum atomic E-state index is -3.85. The molecule has 25 heavy (non-hydrogen) atoms. The van der Waals surface area contributed by atoms with E-state index in [0.29, 0.717) is 17.9 Å². The molecule has 0 radical (unpaired) electrons. The van der Waals surface area contributed by atoms with Crippen molar-refractivity contribution < 1.29 is 17.9 Å². The van der Waals surface area contributed by atoms with Crippen LogP contribution in [0.5, 0.6) is 0 Å². The summed E-state index contributed by atoms with van der Waals surface area (Å²) in [5, 5.41) is 0. The van der Waals surface area contributed by atoms with E-state index in [4.69, 9.17) is 4.74 Å². The zero-order valence-electron chi connectivity index (χ0n) is 15.0. The second-order valence-corrected chi connectivity index (χ2v) is 7.59. The van der Waals surface area contributed by atoms with Gasteiger partial charge in [-0.05, 0) is 26.3 Å². The predicted octanol–water partition coefficient (Wildman–Crippen LogP) is 3.02. The lowest BCUT2D eigenvalue weighted by molar-refractivity contribution is 0.0521. The van der Waals surface area contributed by atoms with Crippen LogP contribution in [0, 0.1) is 13.8 Å². The number of aryl methyl sites for hydroxylation is 2. The number of ether oxygens (including phenoxy) is 1. The van der Waals surface area contributed by atoms with Gasteiger partial charge in [0.1, 0.15) is 10.5 Å². The number of nitrogens with one attached hydrogen (secondary N) is 1. The maximum absolute atomic E-state index is 13.2. The standard InChI is InChI=1S/C18H24N2O4S/c1-5-20(12-15-10-8-7-9-11-15)25(22,23)17-14(4)19-13(3)16(17)18(21)24-6-2/h7-11,19H,5-6,12H2,1-4H3. The molecule has 0 atom stereocenters. The van der Waals surface area contributed by atoms with Gasteiger partial charge in [0.25, 0.3) is 0 Å². The van der Waals surface area contributed by atoms with Gasteiger partial charge in [-0.1, -0.05) is 37.3 Å². The molecule has 0 fully saturated rings. The number of carbonyl (C=O) groups is 1. The molecule has 2 aromatic rings. The Bertz CT molecular complexity index is 841. The lowest BCUT2D eigenvalue weighted by atomic mass is 10.2. The third-order valence-electron chi connectivity index (χ3n) is 3.95. The molecule has 1 aromatic carbocycles. The molecule has 136 valence electrons. The van der Waals surface area contributed by atoms with E-state index in [-0.39, 0.29) is 23.6 Å². The second kappa shape index (κ2) is 7.84. The van der Waals surface area contributed by atoms with E-state index in [1.807, 2.05) is 30.3 Å². The summed E-state index contributed by atoms with van der Waals surface area (Å²) < 4.78 is 32.9. The molecule has 6 nitrogen and oxygen atoms in total. The Morgan fingerprint density at radius 1 is 1.12 bits per heavy atom. The highest BCUT2D eigenvalue weighted by atomic mass is 32.2. The summed E-state index contributed by atoms with van der Waals surface area (Å²) >= 11 is 0. The van der Waals surface area contributed by atoms with Gasteiger partial charge < -0.3 is 9.72 Å². The fourth-order valence-electron chi connectivity index (χ4n) is 2.81. The third-order valence-corrected chi connectivity index (χ3v) is 6.04. The molecule has 0 aliphatic heterocycles. The van der Waals surface area contributed by atoms with Crippen LogP contribution in [0.4, 0.5) is 0 Å². The van der Waals surface area contributed by atoms with Crippen molar-refractivity contribution in [3.05, 3.63) is 52.8 Å². The van der Waals surface area contributed by atoms with Gasteiger partial charge in [-0.3, -0.25) is 0 Å². The van der Waals surface area contributed by atoms with Crippen molar-refractivity contribution in [2.75, 3.05) is 13.2 Å². The van der Waals surface area contributed by atoms with Gasteiger partial charge in [0.05, 0.1) is 6.61 Å². The molecule has 2 rings (SSSR count). The average molecular weight is 364 g/mol. The smallest absolute Gasteiger partial charge is 0.341 e. The number of esters is 1. The molecule has 0 saturated carbocycles. The topological polar surface area (TPSA) is 79.5 Å². The van der Waals surface area contributed by atoms with E-state index in [2.05, 4.69) is 4.98 Å². The van der Waals surface area contributed by atoms with Crippen LogP contribution in [0.1, 0.15) is 41.2 Å². The highest BCUT2D eigenvalue weighted by Crippen LogP contribution is 2.28. The number of benzene rings is 1. The number of hydrogen-bond acceptors (Lipinski definition) is 4. The van der Waals surface area contributed by atoms with Gasteiger partial charge in [0, 0.05) is 24.5 Å². The van der Waals surface area contributed by atoms with Crippen molar-refractivity contribution in [2.24, 2.45) is 0 Å². The molecule has 1 N–H and O–H groups in total. The van der Waals surface area contributed by atoms with E-state index in [1.165, 1.54) is 4.31 Å². The Morgan fingerprint density at radius 3 is 2.32 bits per heavy atom.